The molecule has 172 valence electrons. The van der Waals surface area contributed by atoms with Crippen LogP contribution in [0.4, 0.5) is 0 Å². The highest BCUT2D eigenvalue weighted by molar-refractivity contribution is 7.09. The third-order valence-electron chi connectivity index (χ3n) is 5.77. The number of amides is 2. The summed E-state index contributed by atoms with van der Waals surface area (Å²) in [7, 11) is 0. The van der Waals surface area contributed by atoms with E-state index in [0.29, 0.717) is 50.5 Å². The zero-order valence-corrected chi connectivity index (χ0v) is 19.7. The number of rotatable bonds is 8. The van der Waals surface area contributed by atoms with E-state index in [2.05, 4.69) is 17.1 Å². The van der Waals surface area contributed by atoms with Crippen LogP contribution < -0.4 is 4.74 Å². The van der Waals surface area contributed by atoms with Gasteiger partial charge in [-0.25, -0.2) is 4.98 Å². The molecule has 1 saturated heterocycles. The minimum atomic E-state index is -0.00662. The summed E-state index contributed by atoms with van der Waals surface area (Å²) in [6, 6.07) is 17.5. The summed E-state index contributed by atoms with van der Waals surface area (Å²) < 4.78 is 5.76. The van der Waals surface area contributed by atoms with Crippen molar-refractivity contribution in [2.45, 2.75) is 32.8 Å². The summed E-state index contributed by atoms with van der Waals surface area (Å²) in [6.07, 6.45) is 2.30. The third-order valence-corrected chi connectivity index (χ3v) is 6.60. The molecule has 33 heavy (non-hydrogen) atoms. The number of hydrogen-bond acceptors (Lipinski definition) is 5. The Morgan fingerprint density at radius 3 is 2.33 bits per heavy atom. The number of aromatic nitrogens is 1. The van der Waals surface area contributed by atoms with Gasteiger partial charge in [0.05, 0.1) is 10.7 Å². The Morgan fingerprint density at radius 1 is 0.970 bits per heavy atom. The number of aryl methyl sites for hydroxylation is 2. The van der Waals surface area contributed by atoms with Crippen molar-refractivity contribution in [1.29, 1.82) is 0 Å². The first-order chi connectivity index (χ1) is 16.1. The Morgan fingerprint density at radius 2 is 1.67 bits per heavy atom. The lowest BCUT2D eigenvalue weighted by atomic mass is 10.1. The van der Waals surface area contributed by atoms with E-state index in [1.807, 2.05) is 52.4 Å². The number of ether oxygens (including phenoxy) is 1. The maximum atomic E-state index is 12.9. The first-order valence-corrected chi connectivity index (χ1v) is 12.2. The largest absolute Gasteiger partial charge is 0.487 e. The van der Waals surface area contributed by atoms with Gasteiger partial charge in [0.25, 0.3) is 5.91 Å². The molecule has 2 amide bonds. The lowest BCUT2D eigenvalue weighted by Gasteiger charge is -2.35. The van der Waals surface area contributed by atoms with Gasteiger partial charge in [-0.1, -0.05) is 30.3 Å². The standard InChI is InChI=1S/C26H29N3O3S/c1-20-27-23(19-33-20)18-32-24-12-10-22(11-13-24)26(31)29-16-14-28(15-17-29)25(30)9-5-8-21-6-3-2-4-7-21/h2-4,6-7,10-13,19H,5,8-9,14-18H2,1H3. The lowest BCUT2D eigenvalue weighted by Crippen LogP contribution is -2.50. The monoisotopic (exact) mass is 463 g/mol. The number of benzene rings is 2. The van der Waals surface area contributed by atoms with Gasteiger partial charge in [-0.05, 0) is 49.6 Å². The fourth-order valence-electron chi connectivity index (χ4n) is 3.91. The Labute approximate surface area is 198 Å². The van der Waals surface area contributed by atoms with Crippen LogP contribution in [0.25, 0.3) is 0 Å². The van der Waals surface area contributed by atoms with Crippen LogP contribution in [0.3, 0.4) is 0 Å². The van der Waals surface area contributed by atoms with Crippen LogP contribution in [0.1, 0.15) is 39.5 Å². The molecule has 0 radical (unpaired) electrons. The van der Waals surface area contributed by atoms with E-state index < -0.39 is 0 Å². The Bertz CT molecular complexity index is 1060. The van der Waals surface area contributed by atoms with Gasteiger partial charge in [0, 0.05) is 43.5 Å². The van der Waals surface area contributed by atoms with Gasteiger partial charge in [-0.15, -0.1) is 11.3 Å². The maximum Gasteiger partial charge on any atom is 0.253 e. The van der Waals surface area contributed by atoms with Crippen molar-refractivity contribution in [1.82, 2.24) is 14.8 Å². The van der Waals surface area contributed by atoms with Crippen LogP contribution in [-0.2, 0) is 17.8 Å². The average molecular weight is 464 g/mol. The fraction of sp³-hybridized carbons (Fsp3) is 0.346. The zero-order valence-electron chi connectivity index (χ0n) is 18.9. The van der Waals surface area contributed by atoms with Crippen molar-refractivity contribution >= 4 is 23.2 Å². The number of piperazine rings is 1. The maximum absolute atomic E-state index is 12.9. The summed E-state index contributed by atoms with van der Waals surface area (Å²) in [5.74, 6) is 0.880. The number of nitrogens with zero attached hydrogens (tertiary/aromatic N) is 3. The highest BCUT2D eigenvalue weighted by atomic mass is 32.1. The SMILES string of the molecule is Cc1nc(COc2ccc(C(=O)N3CCN(C(=O)CCCc4ccccc4)CC3)cc2)cs1. The van der Waals surface area contributed by atoms with E-state index in [1.165, 1.54) is 5.56 Å². The Balaban J connectivity index is 1.20. The van der Waals surface area contributed by atoms with Gasteiger partial charge < -0.3 is 14.5 Å². The molecule has 0 bridgehead atoms. The average Bonchev–Trinajstić information content (AvgIpc) is 3.28. The van der Waals surface area contributed by atoms with Crippen molar-refractivity contribution in [3.63, 3.8) is 0 Å². The van der Waals surface area contributed by atoms with Gasteiger partial charge in [-0.2, -0.15) is 0 Å². The smallest absolute Gasteiger partial charge is 0.253 e. The second-order valence-corrected chi connectivity index (χ2v) is 9.25. The van der Waals surface area contributed by atoms with E-state index in [9.17, 15) is 9.59 Å². The van der Waals surface area contributed by atoms with Gasteiger partial charge in [-0.3, -0.25) is 9.59 Å². The minimum absolute atomic E-state index is 0.00662. The molecule has 1 aliphatic rings. The van der Waals surface area contributed by atoms with Crippen molar-refractivity contribution in [3.05, 3.63) is 81.8 Å². The predicted octanol–water partition coefficient (Wildman–Crippen LogP) is 4.34. The minimum Gasteiger partial charge on any atom is -0.487 e. The van der Waals surface area contributed by atoms with E-state index in [1.54, 1.807) is 23.5 Å². The van der Waals surface area contributed by atoms with Gasteiger partial charge in [0.1, 0.15) is 12.4 Å². The first kappa shape index (κ1) is 23.0. The molecular formula is C26H29N3O3S. The lowest BCUT2D eigenvalue weighted by molar-refractivity contribution is -0.132. The Hall–Kier alpha value is -3.19. The molecule has 3 aromatic rings. The molecule has 2 heterocycles. The zero-order chi connectivity index (χ0) is 23.0. The normalized spacial score (nSPS) is 13.7. The van der Waals surface area contributed by atoms with E-state index >= 15 is 0 Å². The molecule has 0 saturated carbocycles. The number of thiazole rings is 1. The van der Waals surface area contributed by atoms with E-state index in [-0.39, 0.29) is 11.8 Å². The van der Waals surface area contributed by atoms with Gasteiger partial charge in [0.2, 0.25) is 5.91 Å². The van der Waals surface area contributed by atoms with Crippen LogP contribution >= 0.6 is 11.3 Å². The number of hydrogen-bond donors (Lipinski definition) is 0. The van der Waals surface area contributed by atoms with E-state index in [4.69, 9.17) is 4.74 Å². The highest BCUT2D eigenvalue weighted by Gasteiger charge is 2.24. The van der Waals surface area contributed by atoms with Crippen LogP contribution in [-0.4, -0.2) is 52.8 Å². The van der Waals surface area contributed by atoms with Crippen molar-refractivity contribution in [2.24, 2.45) is 0 Å². The Kier molecular flexibility index (Phi) is 7.73. The molecule has 4 rings (SSSR count). The third kappa shape index (κ3) is 6.42. The molecule has 0 N–H and O–H groups in total. The molecule has 0 atom stereocenters. The molecule has 0 spiro atoms. The molecule has 7 heteroatoms. The van der Waals surface area contributed by atoms with Gasteiger partial charge >= 0.3 is 0 Å². The van der Waals surface area contributed by atoms with Gasteiger partial charge in [0.15, 0.2) is 0 Å². The van der Waals surface area contributed by atoms with Crippen molar-refractivity contribution in [3.8, 4) is 5.75 Å². The number of carbonyl (C=O) groups is 2. The molecule has 1 aliphatic heterocycles. The fourth-order valence-corrected chi connectivity index (χ4v) is 4.51. The summed E-state index contributed by atoms with van der Waals surface area (Å²) >= 11 is 1.60. The van der Waals surface area contributed by atoms with Crippen molar-refractivity contribution < 1.29 is 14.3 Å². The second-order valence-electron chi connectivity index (χ2n) is 8.18. The number of carbonyl (C=O) groups excluding carboxylic acids is 2. The molecule has 0 unspecified atom stereocenters. The molecule has 1 aromatic heterocycles. The van der Waals surface area contributed by atoms with Crippen LogP contribution in [0.5, 0.6) is 5.75 Å². The van der Waals surface area contributed by atoms with Crippen LogP contribution in [0.2, 0.25) is 0 Å². The molecule has 0 aliphatic carbocycles. The highest BCUT2D eigenvalue weighted by Crippen LogP contribution is 2.17. The predicted molar refractivity (Wildman–Crippen MR) is 129 cm³/mol. The summed E-state index contributed by atoms with van der Waals surface area (Å²) in [4.78, 5) is 33.5. The summed E-state index contributed by atoms with van der Waals surface area (Å²) in [5.41, 5.74) is 2.80. The summed E-state index contributed by atoms with van der Waals surface area (Å²) in [6.45, 7) is 4.68. The topological polar surface area (TPSA) is 62.7 Å². The van der Waals surface area contributed by atoms with Crippen LogP contribution in [0, 0.1) is 6.92 Å². The first-order valence-electron chi connectivity index (χ1n) is 11.3. The van der Waals surface area contributed by atoms with Crippen molar-refractivity contribution in [2.75, 3.05) is 26.2 Å². The molecule has 1 fully saturated rings. The molecule has 6 nitrogen and oxygen atoms in total. The molecule has 2 aromatic carbocycles. The molecular weight excluding hydrogens is 434 g/mol. The van der Waals surface area contributed by atoms with Crippen LogP contribution in [0.15, 0.2) is 60.0 Å². The quantitative estimate of drug-likeness (QED) is 0.499. The summed E-state index contributed by atoms with van der Waals surface area (Å²) in [5, 5.41) is 3.00. The van der Waals surface area contributed by atoms with E-state index in [0.717, 1.165) is 23.5 Å². The second kappa shape index (κ2) is 11.1.